The monoisotopic (exact) mass is 687 g/mol. The summed E-state index contributed by atoms with van der Waals surface area (Å²) in [5, 5.41) is 5.84. The minimum Gasteiger partial charge on any atom is -0.464 e. The van der Waals surface area contributed by atoms with Crippen molar-refractivity contribution in [3.8, 4) is 10.7 Å². The standard InChI is InChI=1S/C39H50FN5O3S/c1-9-12-14-27-15-16-29(40)22-28(27)23-30-25-41-35(49-30)31-24-32-42-26(4)33(34(37(46)47-11-3)48-38(5,6)7)36(45(32)43-31)44-20-18-39(8,19-21-44)17-13-10-2/h9-10,15-16,22,24-25,34H,1-2,11-14,17-21,23H2,3-8H3/t34-/m0/s1. The van der Waals surface area contributed by atoms with Gasteiger partial charge in [0, 0.05) is 42.3 Å². The average Bonchev–Trinajstić information content (AvgIpc) is 3.69. The first-order valence-electron chi connectivity index (χ1n) is 17.3. The lowest BCUT2D eigenvalue weighted by atomic mass is 9.76. The summed E-state index contributed by atoms with van der Waals surface area (Å²) in [4.78, 5) is 26.6. The highest BCUT2D eigenvalue weighted by Gasteiger charge is 2.38. The molecular weight excluding hydrogens is 638 g/mol. The Bertz CT molecular complexity index is 1800. The van der Waals surface area contributed by atoms with E-state index in [0.29, 0.717) is 29.0 Å². The topological polar surface area (TPSA) is 81.8 Å². The van der Waals surface area contributed by atoms with Gasteiger partial charge in [-0.05, 0) is 102 Å². The van der Waals surface area contributed by atoms with Crippen LogP contribution in [0.1, 0.15) is 100 Å². The third-order valence-corrected chi connectivity index (χ3v) is 10.2. The molecule has 0 amide bonds. The molecule has 1 aliphatic heterocycles. The highest BCUT2D eigenvalue weighted by molar-refractivity contribution is 7.15. The number of hydrogen-bond donors (Lipinski definition) is 0. The molecule has 1 atom stereocenters. The number of thiazole rings is 1. The Balaban J connectivity index is 1.57. The zero-order valence-electron chi connectivity index (χ0n) is 29.9. The fraction of sp³-hybridized carbons (Fsp3) is 0.487. The molecule has 1 aliphatic rings. The number of rotatable bonds is 14. The summed E-state index contributed by atoms with van der Waals surface area (Å²) in [6.07, 6.45) is 11.0. The lowest BCUT2D eigenvalue weighted by molar-refractivity contribution is -0.166. The van der Waals surface area contributed by atoms with E-state index in [0.717, 1.165) is 78.4 Å². The number of aryl methyl sites for hydroxylation is 2. The summed E-state index contributed by atoms with van der Waals surface area (Å²) < 4.78 is 28.1. The van der Waals surface area contributed by atoms with Crippen molar-refractivity contribution < 1.29 is 18.7 Å². The first-order chi connectivity index (χ1) is 23.3. The number of benzene rings is 1. The number of halogens is 1. The SMILES string of the molecule is C=CCCc1ccc(F)cc1Cc1cnc(-c2cc3nc(C)c([C@H](OC(C)(C)C)C(=O)OCC)c(N4CCC(C)(CCC=C)CC4)n3n2)s1. The molecule has 4 aromatic rings. The number of allylic oxidation sites excluding steroid dienone is 2. The third kappa shape index (κ3) is 8.65. The highest BCUT2D eigenvalue weighted by atomic mass is 32.1. The van der Waals surface area contributed by atoms with Crippen molar-refractivity contribution in [1.82, 2.24) is 19.6 Å². The Hall–Kier alpha value is -3.89. The first kappa shape index (κ1) is 36.4. The van der Waals surface area contributed by atoms with Crippen LogP contribution >= 0.6 is 11.3 Å². The van der Waals surface area contributed by atoms with Gasteiger partial charge >= 0.3 is 5.97 Å². The van der Waals surface area contributed by atoms with Crippen molar-refractivity contribution in [1.29, 1.82) is 0 Å². The maximum absolute atomic E-state index is 14.3. The smallest absolute Gasteiger partial charge is 0.340 e. The lowest BCUT2D eigenvalue weighted by Crippen LogP contribution is -2.41. The quantitative estimate of drug-likeness (QED) is 0.0967. The van der Waals surface area contributed by atoms with E-state index in [1.165, 1.54) is 17.4 Å². The molecule has 262 valence electrons. The van der Waals surface area contributed by atoms with Gasteiger partial charge in [0.25, 0.3) is 0 Å². The number of piperidine rings is 1. The second-order valence-corrected chi connectivity index (χ2v) is 15.4. The van der Waals surface area contributed by atoms with Gasteiger partial charge < -0.3 is 14.4 Å². The van der Waals surface area contributed by atoms with Crippen LogP contribution in [0.5, 0.6) is 0 Å². The molecule has 1 fully saturated rings. The normalized spacial score (nSPS) is 15.4. The minimum atomic E-state index is -0.985. The average molecular weight is 688 g/mol. The highest BCUT2D eigenvalue weighted by Crippen LogP contribution is 2.41. The molecule has 4 heterocycles. The van der Waals surface area contributed by atoms with Gasteiger partial charge in [-0.1, -0.05) is 25.1 Å². The van der Waals surface area contributed by atoms with E-state index in [-0.39, 0.29) is 17.8 Å². The minimum absolute atomic E-state index is 0.203. The van der Waals surface area contributed by atoms with Gasteiger partial charge in [0.2, 0.25) is 0 Å². The molecule has 1 aromatic carbocycles. The largest absolute Gasteiger partial charge is 0.464 e. The second kappa shape index (κ2) is 15.3. The van der Waals surface area contributed by atoms with Crippen LogP contribution in [0, 0.1) is 18.2 Å². The molecule has 0 aliphatic carbocycles. The van der Waals surface area contributed by atoms with Crippen LogP contribution in [0.4, 0.5) is 10.2 Å². The number of carbonyl (C=O) groups is 1. The molecular formula is C39H50FN5O3S. The number of anilines is 1. The Kier molecular flexibility index (Phi) is 11.4. The summed E-state index contributed by atoms with van der Waals surface area (Å²) in [5.74, 6) is 0.102. The van der Waals surface area contributed by atoms with E-state index in [4.69, 9.17) is 24.5 Å². The molecule has 0 spiro atoms. The maximum atomic E-state index is 14.3. The van der Waals surface area contributed by atoms with Crippen molar-refractivity contribution >= 4 is 28.8 Å². The molecule has 3 aromatic heterocycles. The Labute approximate surface area is 294 Å². The van der Waals surface area contributed by atoms with E-state index in [1.54, 1.807) is 13.0 Å². The van der Waals surface area contributed by atoms with E-state index < -0.39 is 17.7 Å². The predicted molar refractivity (Wildman–Crippen MR) is 196 cm³/mol. The zero-order chi connectivity index (χ0) is 35.3. The number of fused-ring (bicyclic) bond motifs is 1. The van der Waals surface area contributed by atoms with E-state index in [1.807, 2.05) is 62.7 Å². The van der Waals surface area contributed by atoms with E-state index in [9.17, 15) is 9.18 Å². The van der Waals surface area contributed by atoms with Gasteiger partial charge in [0.1, 0.15) is 22.3 Å². The van der Waals surface area contributed by atoms with Crippen LogP contribution in [-0.4, -0.2) is 50.8 Å². The van der Waals surface area contributed by atoms with Crippen molar-refractivity contribution in [2.45, 2.75) is 98.2 Å². The molecule has 49 heavy (non-hydrogen) atoms. The van der Waals surface area contributed by atoms with Crippen LogP contribution in [0.3, 0.4) is 0 Å². The molecule has 1 saturated heterocycles. The molecule has 8 nitrogen and oxygen atoms in total. The number of hydrogen-bond acceptors (Lipinski definition) is 8. The van der Waals surface area contributed by atoms with Gasteiger partial charge in [-0.15, -0.1) is 24.5 Å². The molecule has 0 bridgehead atoms. The zero-order valence-corrected chi connectivity index (χ0v) is 30.7. The molecule has 0 radical (unpaired) electrons. The number of esters is 1. The molecule has 10 heteroatoms. The van der Waals surface area contributed by atoms with Crippen molar-refractivity contribution in [3.05, 3.63) is 88.9 Å². The van der Waals surface area contributed by atoms with Gasteiger partial charge in [0.05, 0.1) is 17.8 Å². The fourth-order valence-corrected chi connectivity index (χ4v) is 7.43. The molecule has 5 rings (SSSR count). The molecule has 0 N–H and O–H groups in total. The van der Waals surface area contributed by atoms with Crippen molar-refractivity contribution in [2.75, 3.05) is 24.6 Å². The Morgan fingerprint density at radius 2 is 1.88 bits per heavy atom. The number of nitrogens with zero attached hydrogens (tertiary/aromatic N) is 5. The van der Waals surface area contributed by atoms with Crippen LogP contribution in [0.25, 0.3) is 16.3 Å². The Morgan fingerprint density at radius 3 is 2.55 bits per heavy atom. The van der Waals surface area contributed by atoms with Gasteiger partial charge in [-0.3, -0.25) is 0 Å². The summed E-state index contributed by atoms with van der Waals surface area (Å²) in [7, 11) is 0. The second-order valence-electron chi connectivity index (χ2n) is 14.3. The molecule has 0 unspecified atom stereocenters. The predicted octanol–water partition coefficient (Wildman–Crippen LogP) is 9.00. The van der Waals surface area contributed by atoms with Gasteiger partial charge in [-0.2, -0.15) is 9.61 Å². The van der Waals surface area contributed by atoms with Crippen molar-refractivity contribution in [2.24, 2.45) is 5.41 Å². The fourth-order valence-electron chi connectivity index (χ4n) is 6.54. The summed E-state index contributed by atoms with van der Waals surface area (Å²) in [6, 6.07) is 6.94. The lowest BCUT2D eigenvalue weighted by Gasteiger charge is -2.41. The third-order valence-electron chi connectivity index (χ3n) is 9.18. The van der Waals surface area contributed by atoms with Crippen LogP contribution in [0.15, 0.2) is 55.8 Å². The van der Waals surface area contributed by atoms with Crippen LogP contribution < -0.4 is 4.90 Å². The number of ether oxygens (including phenoxy) is 2. The number of carbonyl (C=O) groups excluding carboxylic acids is 1. The first-order valence-corrected chi connectivity index (χ1v) is 18.1. The molecule has 0 saturated carbocycles. The van der Waals surface area contributed by atoms with Gasteiger partial charge in [-0.25, -0.2) is 19.2 Å². The van der Waals surface area contributed by atoms with E-state index >= 15 is 0 Å². The summed E-state index contributed by atoms with van der Waals surface area (Å²) in [5.41, 5.74) is 4.34. The van der Waals surface area contributed by atoms with Crippen LogP contribution in [-0.2, 0) is 27.1 Å². The number of aromatic nitrogens is 4. The van der Waals surface area contributed by atoms with Crippen molar-refractivity contribution in [3.63, 3.8) is 0 Å². The summed E-state index contributed by atoms with van der Waals surface area (Å²) in [6.45, 7) is 21.5. The Morgan fingerprint density at radius 1 is 1.14 bits per heavy atom. The van der Waals surface area contributed by atoms with E-state index in [2.05, 4.69) is 25.0 Å². The van der Waals surface area contributed by atoms with Gasteiger partial charge in [0.15, 0.2) is 11.8 Å². The van der Waals surface area contributed by atoms with Crippen LogP contribution in [0.2, 0.25) is 0 Å². The summed E-state index contributed by atoms with van der Waals surface area (Å²) >= 11 is 1.54. The maximum Gasteiger partial charge on any atom is 0.340 e.